The second kappa shape index (κ2) is 13.3. The van der Waals surface area contributed by atoms with Crippen LogP contribution in [0.25, 0.3) is 0 Å². The van der Waals surface area contributed by atoms with Crippen LogP contribution in [-0.4, -0.2) is 23.3 Å². The minimum absolute atomic E-state index is 0.00412. The number of aromatic nitrogens is 1. The van der Waals surface area contributed by atoms with Crippen LogP contribution < -0.4 is 0 Å². The maximum atomic E-state index is 12.9. The van der Waals surface area contributed by atoms with Gasteiger partial charge in [-0.1, -0.05) is 49.3 Å². The number of carbonyl (C=O) groups is 1. The summed E-state index contributed by atoms with van der Waals surface area (Å²) in [6.45, 7) is 11.7. The zero-order chi connectivity index (χ0) is 27.1. The summed E-state index contributed by atoms with van der Waals surface area (Å²) in [5.41, 5.74) is 3.03. The van der Waals surface area contributed by atoms with Crippen LogP contribution in [0.15, 0.2) is 34.9 Å². The summed E-state index contributed by atoms with van der Waals surface area (Å²) in [5.74, 6) is 3.57. The normalized spacial score (nSPS) is 21.0. The lowest BCUT2D eigenvalue weighted by Crippen LogP contribution is -2.25. The largest absolute Gasteiger partial charge is 0.460 e. The van der Waals surface area contributed by atoms with E-state index in [-0.39, 0.29) is 11.9 Å². The van der Waals surface area contributed by atoms with Crippen LogP contribution >= 0.6 is 0 Å². The first-order valence-corrected chi connectivity index (χ1v) is 15.0. The summed E-state index contributed by atoms with van der Waals surface area (Å²) in [6, 6.07) is 10.3. The Hall–Kier alpha value is -2.14. The molecule has 0 saturated heterocycles. The smallest absolute Gasteiger partial charge is 0.306 e. The van der Waals surface area contributed by atoms with Gasteiger partial charge in [0.15, 0.2) is 0 Å². The standard InChI is InChI=1S/C33H49NO4/c1-23(2)20-24-13-15-27(16-14-24)32-30(26-17-18-26)31(34-38-32)28(21-29(35)37-33(3,4)5)12-9-19-36-22-25-10-7-6-8-11-25/h6-8,10-11,23-24,26-28H,9,12-22H2,1-5H3/t24-,27-,28?. The van der Waals surface area contributed by atoms with Crippen LogP contribution in [0.1, 0.15) is 139 Å². The fraction of sp³-hybridized carbons (Fsp3) is 0.697. The van der Waals surface area contributed by atoms with Gasteiger partial charge in [-0.15, -0.1) is 0 Å². The first-order valence-electron chi connectivity index (χ1n) is 15.0. The number of benzene rings is 1. The van der Waals surface area contributed by atoms with Crippen molar-refractivity contribution in [3.8, 4) is 0 Å². The molecule has 4 rings (SSSR count). The average Bonchev–Trinajstić information content (AvgIpc) is 3.60. The molecular weight excluding hydrogens is 474 g/mol. The lowest BCUT2D eigenvalue weighted by atomic mass is 9.76. The molecule has 0 N–H and O–H groups in total. The monoisotopic (exact) mass is 523 g/mol. The lowest BCUT2D eigenvalue weighted by molar-refractivity contribution is -0.155. The third kappa shape index (κ3) is 8.69. The molecule has 0 aliphatic heterocycles. The van der Waals surface area contributed by atoms with E-state index in [9.17, 15) is 4.79 Å². The van der Waals surface area contributed by atoms with Crippen LogP contribution in [0.3, 0.4) is 0 Å². The van der Waals surface area contributed by atoms with Crippen LogP contribution in [0, 0.1) is 11.8 Å². The van der Waals surface area contributed by atoms with E-state index in [2.05, 4.69) is 26.0 Å². The molecule has 2 fully saturated rings. The highest BCUT2D eigenvalue weighted by Crippen LogP contribution is 2.50. The molecule has 0 spiro atoms. The molecule has 0 bridgehead atoms. The molecule has 210 valence electrons. The summed E-state index contributed by atoms with van der Waals surface area (Å²) in [6.07, 6.45) is 10.7. The predicted octanol–water partition coefficient (Wildman–Crippen LogP) is 8.68. The van der Waals surface area contributed by atoms with Crippen molar-refractivity contribution in [2.24, 2.45) is 11.8 Å². The second-order valence-corrected chi connectivity index (χ2v) is 13.1. The summed E-state index contributed by atoms with van der Waals surface area (Å²) in [7, 11) is 0. The van der Waals surface area contributed by atoms with Crippen molar-refractivity contribution in [2.75, 3.05) is 6.61 Å². The molecule has 2 aliphatic rings. The van der Waals surface area contributed by atoms with Crippen molar-refractivity contribution < 1.29 is 18.8 Å². The van der Waals surface area contributed by atoms with E-state index in [1.165, 1.54) is 56.1 Å². The van der Waals surface area contributed by atoms with Crippen LogP contribution in [0.4, 0.5) is 0 Å². The number of carbonyl (C=O) groups excluding carboxylic acids is 1. The summed E-state index contributed by atoms with van der Waals surface area (Å²) in [4.78, 5) is 12.9. The van der Waals surface area contributed by atoms with Crippen molar-refractivity contribution in [1.29, 1.82) is 0 Å². The Balaban J connectivity index is 1.44. The van der Waals surface area contributed by atoms with E-state index in [1.54, 1.807) is 0 Å². The first kappa shape index (κ1) is 28.9. The molecule has 2 aromatic rings. The van der Waals surface area contributed by atoms with Crippen LogP contribution in [0.5, 0.6) is 0 Å². The van der Waals surface area contributed by atoms with Gasteiger partial charge in [0.2, 0.25) is 0 Å². The molecule has 2 aliphatic carbocycles. The highest BCUT2D eigenvalue weighted by atomic mass is 16.6. The van der Waals surface area contributed by atoms with Gasteiger partial charge < -0.3 is 14.0 Å². The van der Waals surface area contributed by atoms with Crippen molar-refractivity contribution in [2.45, 2.75) is 129 Å². The highest BCUT2D eigenvalue weighted by molar-refractivity contribution is 5.71. The molecular formula is C33H49NO4. The summed E-state index contributed by atoms with van der Waals surface area (Å²) >= 11 is 0. The molecule has 5 nitrogen and oxygen atoms in total. The van der Waals surface area contributed by atoms with Crippen molar-refractivity contribution in [3.05, 3.63) is 52.9 Å². The Morgan fingerprint density at radius 2 is 1.71 bits per heavy atom. The lowest BCUT2D eigenvalue weighted by Gasteiger charge is -2.28. The van der Waals surface area contributed by atoms with E-state index < -0.39 is 5.60 Å². The summed E-state index contributed by atoms with van der Waals surface area (Å²) in [5, 5.41) is 4.69. The fourth-order valence-electron chi connectivity index (χ4n) is 6.14. The molecule has 1 unspecified atom stereocenters. The number of hydrogen-bond donors (Lipinski definition) is 0. The Morgan fingerprint density at radius 3 is 2.34 bits per heavy atom. The Kier molecular flexibility index (Phi) is 10.1. The number of rotatable bonds is 13. The number of nitrogens with zero attached hydrogens (tertiary/aromatic N) is 1. The molecule has 38 heavy (non-hydrogen) atoms. The van der Waals surface area contributed by atoms with E-state index in [4.69, 9.17) is 19.2 Å². The van der Waals surface area contributed by atoms with E-state index in [0.29, 0.717) is 31.5 Å². The third-order valence-electron chi connectivity index (χ3n) is 7.96. The predicted molar refractivity (Wildman–Crippen MR) is 151 cm³/mol. The quantitative estimate of drug-likeness (QED) is 0.194. The van der Waals surface area contributed by atoms with Gasteiger partial charge in [-0.3, -0.25) is 4.79 Å². The van der Waals surface area contributed by atoms with Gasteiger partial charge in [-0.05, 0) is 102 Å². The number of ether oxygens (including phenoxy) is 2. The molecule has 1 aromatic carbocycles. The molecule has 1 aromatic heterocycles. The van der Waals surface area contributed by atoms with Gasteiger partial charge in [0, 0.05) is 24.0 Å². The average molecular weight is 524 g/mol. The third-order valence-corrected chi connectivity index (χ3v) is 7.96. The van der Waals surface area contributed by atoms with E-state index in [0.717, 1.165) is 36.1 Å². The molecule has 1 heterocycles. The fourth-order valence-corrected chi connectivity index (χ4v) is 6.14. The molecule has 2 saturated carbocycles. The van der Waals surface area contributed by atoms with E-state index in [1.807, 2.05) is 39.0 Å². The maximum Gasteiger partial charge on any atom is 0.306 e. The van der Waals surface area contributed by atoms with Gasteiger partial charge in [-0.25, -0.2) is 0 Å². The van der Waals surface area contributed by atoms with Crippen molar-refractivity contribution in [1.82, 2.24) is 5.16 Å². The van der Waals surface area contributed by atoms with E-state index >= 15 is 0 Å². The Morgan fingerprint density at radius 1 is 1.03 bits per heavy atom. The van der Waals surface area contributed by atoms with Crippen molar-refractivity contribution >= 4 is 5.97 Å². The van der Waals surface area contributed by atoms with Gasteiger partial charge >= 0.3 is 5.97 Å². The zero-order valence-corrected chi connectivity index (χ0v) is 24.3. The van der Waals surface area contributed by atoms with Gasteiger partial charge in [0.25, 0.3) is 0 Å². The van der Waals surface area contributed by atoms with Crippen LogP contribution in [-0.2, 0) is 20.9 Å². The van der Waals surface area contributed by atoms with Gasteiger partial charge in [0.05, 0.1) is 18.7 Å². The van der Waals surface area contributed by atoms with Crippen LogP contribution in [0.2, 0.25) is 0 Å². The highest BCUT2D eigenvalue weighted by Gasteiger charge is 2.39. The van der Waals surface area contributed by atoms with Gasteiger partial charge in [-0.2, -0.15) is 0 Å². The molecule has 5 heteroatoms. The SMILES string of the molecule is CC(C)C[C@H]1CC[C@H](c2onc(C(CCCOCc3ccccc3)CC(=O)OC(C)(C)C)c2C2CC2)CC1. The maximum absolute atomic E-state index is 12.9. The summed E-state index contributed by atoms with van der Waals surface area (Å²) < 4.78 is 17.9. The minimum atomic E-state index is -0.497. The first-order chi connectivity index (χ1) is 18.2. The minimum Gasteiger partial charge on any atom is -0.460 e. The Labute approximate surface area is 230 Å². The number of esters is 1. The second-order valence-electron chi connectivity index (χ2n) is 13.1. The van der Waals surface area contributed by atoms with Crippen molar-refractivity contribution in [3.63, 3.8) is 0 Å². The Bertz CT molecular complexity index is 994. The number of hydrogen-bond acceptors (Lipinski definition) is 5. The molecule has 0 radical (unpaired) electrons. The topological polar surface area (TPSA) is 61.6 Å². The molecule has 0 amide bonds. The zero-order valence-electron chi connectivity index (χ0n) is 24.3. The van der Waals surface area contributed by atoms with Gasteiger partial charge in [0.1, 0.15) is 11.4 Å². The molecule has 1 atom stereocenters.